The molecule has 2 aromatic heterocycles. The molecule has 0 aromatic carbocycles. The van der Waals surface area contributed by atoms with Gasteiger partial charge < -0.3 is 15.2 Å². The summed E-state index contributed by atoms with van der Waals surface area (Å²) in [6.07, 6.45) is 2.93. The van der Waals surface area contributed by atoms with Gasteiger partial charge in [-0.15, -0.1) is 0 Å². The lowest BCUT2D eigenvalue weighted by atomic mass is 10.4. The van der Waals surface area contributed by atoms with Crippen LogP contribution < -0.4 is 5.73 Å². The average molecular weight is 221 g/mol. The first-order valence-corrected chi connectivity index (χ1v) is 4.60. The van der Waals surface area contributed by atoms with Crippen molar-refractivity contribution in [1.82, 2.24) is 19.9 Å². The van der Waals surface area contributed by atoms with Gasteiger partial charge in [-0.05, 0) is 0 Å². The molecule has 84 valence electrons. The number of hydrogen-bond acceptors (Lipinski definition) is 7. The minimum Gasteiger partial charge on any atom is -0.382 e. The van der Waals surface area contributed by atoms with Gasteiger partial charge in [0.25, 0.3) is 0 Å². The van der Waals surface area contributed by atoms with Gasteiger partial charge in [0.2, 0.25) is 0 Å². The van der Waals surface area contributed by atoms with Crippen LogP contribution in [0, 0.1) is 0 Å². The molecule has 7 heteroatoms. The van der Waals surface area contributed by atoms with Crippen molar-refractivity contribution < 1.29 is 9.47 Å². The molecule has 0 bridgehead atoms. The monoisotopic (exact) mass is 221 g/mol. The summed E-state index contributed by atoms with van der Waals surface area (Å²) in [6, 6.07) is 0. The molecule has 2 rings (SSSR count). The maximum atomic E-state index is 5.62. The molecule has 2 N–H and O–H groups in total. The molecule has 2 heterocycles. The number of anilines is 1. The quantitative estimate of drug-likeness (QED) is 0.578. The van der Waals surface area contributed by atoms with Crippen molar-refractivity contribution in [3.05, 3.63) is 18.2 Å². The first-order valence-electron chi connectivity index (χ1n) is 4.60. The molecule has 7 nitrogen and oxygen atoms in total. The Bertz CT molecular complexity index is 490. The number of nitrogens with zero attached hydrogens (tertiary/aromatic N) is 4. The predicted molar refractivity (Wildman–Crippen MR) is 56.2 cm³/mol. The molecule has 0 aliphatic carbocycles. The summed E-state index contributed by atoms with van der Waals surface area (Å²) in [5.74, 6) is 0.321. The molecule has 0 aliphatic heterocycles. The van der Waals surface area contributed by atoms with E-state index in [9.17, 15) is 0 Å². The highest BCUT2D eigenvalue weighted by molar-refractivity contribution is 5.79. The van der Waals surface area contributed by atoms with Crippen LogP contribution in [0.15, 0.2) is 12.5 Å². The van der Waals surface area contributed by atoms with Gasteiger partial charge in [-0.1, -0.05) is 0 Å². The van der Waals surface area contributed by atoms with E-state index in [0.717, 1.165) is 0 Å². The van der Waals surface area contributed by atoms with Gasteiger partial charge >= 0.3 is 0 Å². The minimum atomic E-state index is 0.214. The molecule has 2 aromatic rings. The molecular weight excluding hydrogens is 210 g/mol. The smallest absolute Gasteiger partial charge is 0.183 e. The second kappa shape index (κ2) is 4.77. The van der Waals surface area contributed by atoms with Gasteiger partial charge in [-0.3, -0.25) is 0 Å². The SMILES string of the molecule is COCOCc1cnc2c(N)ncnc2n1. The van der Waals surface area contributed by atoms with Gasteiger partial charge in [0.05, 0.1) is 18.5 Å². The van der Waals surface area contributed by atoms with E-state index in [0.29, 0.717) is 29.3 Å². The zero-order chi connectivity index (χ0) is 11.4. The molecule has 0 amide bonds. The molecule has 16 heavy (non-hydrogen) atoms. The highest BCUT2D eigenvalue weighted by Gasteiger charge is 2.04. The molecular formula is C9H11N5O2. The predicted octanol–water partition coefficient (Wildman–Crippen LogP) is 0.122. The Kier molecular flexibility index (Phi) is 3.18. The van der Waals surface area contributed by atoms with Crippen LogP contribution in [-0.4, -0.2) is 33.8 Å². The van der Waals surface area contributed by atoms with E-state index in [4.69, 9.17) is 15.2 Å². The molecule has 0 atom stereocenters. The Labute approximate surface area is 91.7 Å². The highest BCUT2D eigenvalue weighted by atomic mass is 16.7. The van der Waals surface area contributed by atoms with Crippen molar-refractivity contribution >= 4 is 17.0 Å². The Morgan fingerprint density at radius 2 is 2.19 bits per heavy atom. The number of aromatic nitrogens is 4. The van der Waals surface area contributed by atoms with Crippen LogP contribution >= 0.6 is 0 Å². The third kappa shape index (κ3) is 2.20. The number of ether oxygens (including phenoxy) is 2. The summed E-state index contributed by atoms with van der Waals surface area (Å²) in [4.78, 5) is 16.2. The molecule has 0 saturated heterocycles. The fourth-order valence-electron chi connectivity index (χ4n) is 1.19. The van der Waals surface area contributed by atoms with Gasteiger partial charge in [-0.25, -0.2) is 19.9 Å². The van der Waals surface area contributed by atoms with Crippen molar-refractivity contribution in [3.63, 3.8) is 0 Å². The number of hydrogen-bond donors (Lipinski definition) is 1. The maximum absolute atomic E-state index is 5.62. The van der Waals surface area contributed by atoms with Crippen molar-refractivity contribution in [3.8, 4) is 0 Å². The molecule has 0 radical (unpaired) electrons. The lowest BCUT2D eigenvalue weighted by Crippen LogP contribution is -2.02. The van der Waals surface area contributed by atoms with Crippen molar-refractivity contribution in [2.45, 2.75) is 6.61 Å². The van der Waals surface area contributed by atoms with E-state index in [1.165, 1.54) is 6.33 Å². The van der Waals surface area contributed by atoms with Crippen molar-refractivity contribution in [2.24, 2.45) is 0 Å². The first-order chi connectivity index (χ1) is 7.81. The van der Waals surface area contributed by atoms with Gasteiger partial charge in [0, 0.05) is 7.11 Å². The molecule has 0 fully saturated rings. The lowest BCUT2D eigenvalue weighted by Gasteiger charge is -2.03. The molecule has 0 unspecified atom stereocenters. The summed E-state index contributed by atoms with van der Waals surface area (Å²) >= 11 is 0. The van der Waals surface area contributed by atoms with E-state index in [-0.39, 0.29) is 6.79 Å². The Morgan fingerprint density at radius 3 is 3.00 bits per heavy atom. The van der Waals surface area contributed by atoms with Gasteiger partial charge in [0.15, 0.2) is 11.5 Å². The van der Waals surface area contributed by atoms with Crippen molar-refractivity contribution in [1.29, 1.82) is 0 Å². The Hall–Kier alpha value is -1.86. The second-order valence-electron chi connectivity index (χ2n) is 3.05. The van der Waals surface area contributed by atoms with Crippen LogP contribution in [0.5, 0.6) is 0 Å². The Balaban J connectivity index is 2.23. The summed E-state index contributed by atoms with van der Waals surface area (Å²) in [6.45, 7) is 0.534. The zero-order valence-electron chi connectivity index (χ0n) is 8.75. The number of nitrogens with two attached hydrogens (primary N) is 1. The van der Waals surface area contributed by atoms with E-state index in [1.807, 2.05) is 0 Å². The fraction of sp³-hybridized carbons (Fsp3) is 0.333. The maximum Gasteiger partial charge on any atom is 0.183 e. The van der Waals surface area contributed by atoms with Gasteiger partial charge in [0.1, 0.15) is 18.6 Å². The minimum absolute atomic E-state index is 0.214. The topological polar surface area (TPSA) is 96.0 Å². The van der Waals surface area contributed by atoms with Gasteiger partial charge in [-0.2, -0.15) is 0 Å². The lowest BCUT2D eigenvalue weighted by molar-refractivity contribution is -0.0401. The third-order valence-electron chi connectivity index (χ3n) is 1.87. The van der Waals surface area contributed by atoms with E-state index in [2.05, 4.69) is 19.9 Å². The summed E-state index contributed by atoms with van der Waals surface area (Å²) in [5, 5.41) is 0. The van der Waals surface area contributed by atoms with Crippen LogP contribution in [0.3, 0.4) is 0 Å². The second-order valence-corrected chi connectivity index (χ2v) is 3.05. The first kappa shape index (κ1) is 10.7. The summed E-state index contributed by atoms with van der Waals surface area (Å²) in [5.41, 5.74) is 7.25. The van der Waals surface area contributed by atoms with E-state index in [1.54, 1.807) is 13.3 Å². The van der Waals surface area contributed by atoms with Crippen LogP contribution in [0.1, 0.15) is 5.69 Å². The van der Waals surface area contributed by atoms with Crippen LogP contribution in [0.25, 0.3) is 11.2 Å². The largest absolute Gasteiger partial charge is 0.382 e. The zero-order valence-corrected chi connectivity index (χ0v) is 8.75. The van der Waals surface area contributed by atoms with Crippen LogP contribution in [0.4, 0.5) is 5.82 Å². The number of rotatable bonds is 4. The number of fused-ring (bicyclic) bond motifs is 1. The standard InChI is InChI=1S/C9H11N5O2/c1-15-5-16-3-6-2-11-7-8(10)12-4-13-9(7)14-6/h2,4H,3,5H2,1H3,(H2,10,12,13,14). The van der Waals surface area contributed by atoms with E-state index < -0.39 is 0 Å². The normalized spacial score (nSPS) is 10.8. The number of nitrogen functional groups attached to an aromatic ring is 1. The summed E-state index contributed by atoms with van der Waals surface area (Å²) in [7, 11) is 1.56. The van der Waals surface area contributed by atoms with Crippen LogP contribution in [0.2, 0.25) is 0 Å². The molecule has 0 spiro atoms. The average Bonchev–Trinajstić information content (AvgIpc) is 2.30. The fourth-order valence-corrected chi connectivity index (χ4v) is 1.19. The Morgan fingerprint density at radius 1 is 1.31 bits per heavy atom. The van der Waals surface area contributed by atoms with E-state index >= 15 is 0 Å². The molecule has 0 saturated carbocycles. The highest BCUT2D eigenvalue weighted by Crippen LogP contribution is 2.11. The molecule has 0 aliphatic rings. The summed E-state index contributed by atoms with van der Waals surface area (Å²) < 4.78 is 9.90. The van der Waals surface area contributed by atoms with Crippen LogP contribution in [-0.2, 0) is 16.1 Å². The third-order valence-corrected chi connectivity index (χ3v) is 1.87. The van der Waals surface area contributed by atoms with Crippen molar-refractivity contribution in [2.75, 3.05) is 19.6 Å². The number of methoxy groups -OCH3 is 1.